The molecule has 3 N–H and O–H groups in total. The van der Waals surface area contributed by atoms with Gasteiger partial charge >= 0.3 is 39.5 Å². The molecule has 17 nitrogen and oxygen atoms in total. The van der Waals surface area contributed by atoms with Gasteiger partial charge in [0.15, 0.2) is 12.2 Å². The minimum atomic E-state index is -4.96. The van der Waals surface area contributed by atoms with Crippen LogP contribution < -0.4 is 0 Å². The fourth-order valence-electron chi connectivity index (χ4n) is 9.93. The lowest BCUT2D eigenvalue weighted by Gasteiger charge is -2.21. The molecule has 0 aromatic carbocycles. The van der Waals surface area contributed by atoms with Crippen molar-refractivity contribution >= 4 is 39.5 Å². The minimum Gasteiger partial charge on any atom is -0.462 e. The number of aliphatic hydroxyl groups excluding tert-OH is 1. The van der Waals surface area contributed by atoms with E-state index in [1.165, 1.54) is 141 Å². The van der Waals surface area contributed by atoms with Crippen molar-refractivity contribution in [2.75, 3.05) is 39.6 Å². The summed E-state index contributed by atoms with van der Waals surface area (Å²) in [5.41, 5.74) is 0. The smallest absolute Gasteiger partial charge is 0.462 e. The van der Waals surface area contributed by atoms with Gasteiger partial charge in [0.2, 0.25) is 0 Å². The number of ether oxygens (including phenoxy) is 4. The summed E-state index contributed by atoms with van der Waals surface area (Å²) in [5.74, 6) is -1.40. The molecule has 0 saturated heterocycles. The molecule has 88 heavy (non-hydrogen) atoms. The number of rotatable bonds is 67. The molecular weight excluding hydrogens is 1160 g/mol. The highest BCUT2D eigenvalue weighted by atomic mass is 31.2. The summed E-state index contributed by atoms with van der Waals surface area (Å²) in [5, 5.41) is 10.6. The van der Waals surface area contributed by atoms with E-state index < -0.39 is 97.5 Å². The van der Waals surface area contributed by atoms with Gasteiger partial charge in [0.25, 0.3) is 0 Å². The second-order valence-electron chi connectivity index (χ2n) is 24.7. The number of phosphoric acid groups is 2. The van der Waals surface area contributed by atoms with E-state index in [0.29, 0.717) is 25.7 Å². The first-order chi connectivity index (χ1) is 42.5. The summed E-state index contributed by atoms with van der Waals surface area (Å²) in [6.07, 6.45) is 50.7. The van der Waals surface area contributed by atoms with Crippen LogP contribution in [-0.2, 0) is 65.4 Å². The first-order valence-corrected chi connectivity index (χ1v) is 38.4. The van der Waals surface area contributed by atoms with Gasteiger partial charge in [-0.15, -0.1) is 0 Å². The maximum Gasteiger partial charge on any atom is 0.472 e. The van der Waals surface area contributed by atoms with Crippen LogP contribution in [0.4, 0.5) is 0 Å². The van der Waals surface area contributed by atoms with E-state index in [0.717, 1.165) is 109 Å². The highest BCUT2D eigenvalue weighted by molar-refractivity contribution is 7.47. The summed E-state index contributed by atoms with van der Waals surface area (Å²) in [6.45, 7) is 7.14. The molecule has 0 aliphatic rings. The average molecular weight is 1290 g/mol. The summed E-state index contributed by atoms with van der Waals surface area (Å²) in [7, 11) is -9.91. The molecule has 0 spiro atoms. The molecule has 0 heterocycles. The molecule has 5 atom stereocenters. The first kappa shape index (κ1) is 85.5. The van der Waals surface area contributed by atoms with E-state index in [9.17, 15) is 43.2 Å². The molecule has 0 aromatic heterocycles. The summed E-state index contributed by atoms with van der Waals surface area (Å²) >= 11 is 0. The van der Waals surface area contributed by atoms with Crippen LogP contribution >= 0.6 is 15.6 Å². The quantitative estimate of drug-likeness (QED) is 0.0169. The van der Waals surface area contributed by atoms with Gasteiger partial charge in [0.1, 0.15) is 19.3 Å². The third-order valence-corrected chi connectivity index (χ3v) is 17.3. The Morgan fingerprint density at radius 1 is 0.352 bits per heavy atom. The van der Waals surface area contributed by atoms with Crippen LogP contribution in [0.3, 0.4) is 0 Å². The molecule has 0 amide bonds. The van der Waals surface area contributed by atoms with Gasteiger partial charge in [-0.3, -0.25) is 37.3 Å². The largest absolute Gasteiger partial charge is 0.472 e. The third-order valence-electron chi connectivity index (χ3n) is 15.4. The minimum absolute atomic E-state index is 0.0849. The van der Waals surface area contributed by atoms with E-state index in [1.54, 1.807) is 0 Å². The van der Waals surface area contributed by atoms with E-state index in [1.807, 2.05) is 0 Å². The van der Waals surface area contributed by atoms with Crippen LogP contribution in [0.5, 0.6) is 0 Å². The fraction of sp³-hybridized carbons (Fsp3) is 0.884. The average Bonchev–Trinajstić information content (AvgIpc) is 3.53. The molecule has 2 unspecified atom stereocenters. The van der Waals surface area contributed by atoms with E-state index >= 15 is 0 Å². The third kappa shape index (κ3) is 62.4. The number of carbonyl (C=O) groups is 4. The van der Waals surface area contributed by atoms with Crippen molar-refractivity contribution in [2.45, 2.75) is 348 Å². The molecule has 0 aromatic rings. The van der Waals surface area contributed by atoms with Gasteiger partial charge in [-0.2, -0.15) is 0 Å². The summed E-state index contributed by atoms with van der Waals surface area (Å²) in [4.78, 5) is 72.4. The Morgan fingerprint density at radius 2 is 0.614 bits per heavy atom. The normalized spacial score (nSPS) is 14.3. The Hall–Kier alpha value is -2.46. The number of hydrogen-bond acceptors (Lipinski definition) is 15. The Balaban J connectivity index is 5.28. The monoisotopic (exact) mass is 1290 g/mol. The molecular formula is C69H130O17P2. The lowest BCUT2D eigenvalue weighted by molar-refractivity contribution is -0.161. The number of allylic oxidation sites excluding steroid dienone is 4. The summed E-state index contributed by atoms with van der Waals surface area (Å²) < 4.78 is 68.1. The molecule has 0 radical (unpaired) electrons. The van der Waals surface area contributed by atoms with Crippen LogP contribution in [0, 0.1) is 5.92 Å². The molecule has 0 fully saturated rings. The van der Waals surface area contributed by atoms with Gasteiger partial charge in [0, 0.05) is 25.7 Å². The highest BCUT2D eigenvalue weighted by Crippen LogP contribution is 2.45. The zero-order valence-corrected chi connectivity index (χ0v) is 58.1. The van der Waals surface area contributed by atoms with Gasteiger partial charge in [-0.25, -0.2) is 9.13 Å². The highest BCUT2D eigenvalue weighted by Gasteiger charge is 2.30. The van der Waals surface area contributed by atoms with Crippen LogP contribution in [0.15, 0.2) is 24.3 Å². The van der Waals surface area contributed by atoms with Gasteiger partial charge < -0.3 is 33.8 Å². The van der Waals surface area contributed by atoms with Crippen molar-refractivity contribution in [1.29, 1.82) is 0 Å². The molecule has 0 aliphatic carbocycles. The standard InChI is InChI=1S/C69H130O17P2/c1-6-9-12-15-18-21-24-25-26-27-28-35-40-45-50-55-69(74)86-65(59-80-67(72)53-48-43-38-34-30-29-31-36-41-46-51-62(4)5)61-84-88(77,78)82-57-63(70)56-81-87(75,76)83-60-64(85-68(73)54-49-44-39-33-23-20-17-14-11-8-3)58-79-66(71)52-47-42-37-32-22-19-16-13-10-7-2/h21,24-26,62-65,70H,6-20,22-23,27-61H2,1-5H3,(H,75,76)(H,77,78)/b24-21-,26-25-/t63-,64+,65+/m0/s1. The Labute approximate surface area is 535 Å². The Morgan fingerprint density at radius 3 is 0.932 bits per heavy atom. The molecule has 518 valence electrons. The SMILES string of the molecule is CCCCCC/C=C\C=C/CCCCCCCC(=O)O[C@H](COC(=O)CCCCCCCCCCCCC(C)C)COP(=O)(O)OC[C@@H](O)COP(=O)(O)OC[C@@H](COC(=O)CCCCCCCCCCCC)OC(=O)CCCCCCCCCCCC. The lowest BCUT2D eigenvalue weighted by Crippen LogP contribution is -2.30. The molecule has 0 rings (SSSR count). The number of aliphatic hydroxyl groups is 1. The number of esters is 4. The Bertz CT molecular complexity index is 1800. The van der Waals surface area contributed by atoms with E-state index in [-0.39, 0.29) is 25.7 Å². The lowest BCUT2D eigenvalue weighted by atomic mass is 10.0. The molecule has 0 saturated carbocycles. The van der Waals surface area contributed by atoms with Gasteiger partial charge in [-0.05, 0) is 57.3 Å². The van der Waals surface area contributed by atoms with Crippen molar-refractivity contribution in [3.8, 4) is 0 Å². The van der Waals surface area contributed by atoms with Crippen LogP contribution in [0.1, 0.15) is 330 Å². The van der Waals surface area contributed by atoms with E-state index in [2.05, 4.69) is 58.9 Å². The topological polar surface area (TPSA) is 237 Å². The molecule has 0 aliphatic heterocycles. The predicted molar refractivity (Wildman–Crippen MR) is 354 cm³/mol. The molecule has 19 heteroatoms. The van der Waals surface area contributed by atoms with Crippen LogP contribution in [0.25, 0.3) is 0 Å². The van der Waals surface area contributed by atoms with Crippen molar-refractivity contribution in [1.82, 2.24) is 0 Å². The predicted octanol–water partition coefficient (Wildman–Crippen LogP) is 19.3. The zero-order chi connectivity index (χ0) is 64.9. The number of phosphoric ester groups is 2. The maximum absolute atomic E-state index is 13.0. The van der Waals surface area contributed by atoms with Gasteiger partial charge in [0.05, 0.1) is 26.4 Å². The van der Waals surface area contributed by atoms with Crippen molar-refractivity contribution < 1.29 is 80.2 Å². The van der Waals surface area contributed by atoms with Crippen molar-refractivity contribution in [3.63, 3.8) is 0 Å². The number of unbranched alkanes of at least 4 members (excludes halogenated alkanes) is 36. The Kier molecular flexibility index (Phi) is 60.3. The second-order valence-corrected chi connectivity index (χ2v) is 27.6. The van der Waals surface area contributed by atoms with Crippen LogP contribution in [-0.4, -0.2) is 96.7 Å². The van der Waals surface area contributed by atoms with Gasteiger partial charge in [-0.1, -0.05) is 277 Å². The van der Waals surface area contributed by atoms with Crippen molar-refractivity contribution in [2.24, 2.45) is 5.92 Å². The van der Waals surface area contributed by atoms with Crippen LogP contribution in [0.2, 0.25) is 0 Å². The van der Waals surface area contributed by atoms with E-state index in [4.69, 9.17) is 37.0 Å². The second kappa shape index (κ2) is 62.0. The maximum atomic E-state index is 13.0. The zero-order valence-electron chi connectivity index (χ0n) is 56.3. The van der Waals surface area contributed by atoms with Crippen molar-refractivity contribution in [3.05, 3.63) is 24.3 Å². The number of carbonyl (C=O) groups excluding carboxylic acids is 4. The first-order valence-electron chi connectivity index (χ1n) is 35.5. The number of hydrogen-bond donors (Lipinski definition) is 3. The summed E-state index contributed by atoms with van der Waals surface area (Å²) in [6, 6.07) is 0. The fourth-order valence-corrected chi connectivity index (χ4v) is 11.5. The molecule has 0 bridgehead atoms.